The minimum Gasteiger partial charge on any atom is -0.292 e. The van der Waals surface area contributed by atoms with Gasteiger partial charge in [0.25, 0.3) is 17.7 Å². The van der Waals surface area contributed by atoms with Crippen LogP contribution in [0.15, 0.2) is 48.5 Å². The van der Waals surface area contributed by atoms with Crippen molar-refractivity contribution in [2.75, 3.05) is 5.88 Å². The van der Waals surface area contributed by atoms with Crippen LogP contribution in [0.1, 0.15) is 53.3 Å². The molecule has 0 bridgehead atoms. The molecule has 3 amide bonds. The molecule has 4 atom stereocenters. The van der Waals surface area contributed by atoms with Gasteiger partial charge >= 0.3 is 0 Å². The maximum Gasteiger partial charge on any atom is 0.273 e. The van der Waals surface area contributed by atoms with Gasteiger partial charge in [0.05, 0.1) is 11.8 Å². The second-order valence-electron chi connectivity index (χ2n) is 9.14. The van der Waals surface area contributed by atoms with E-state index in [0.29, 0.717) is 34.4 Å². The maximum atomic E-state index is 13.8. The minimum atomic E-state index is -1.16. The van der Waals surface area contributed by atoms with E-state index in [-0.39, 0.29) is 17.9 Å². The van der Waals surface area contributed by atoms with Crippen molar-refractivity contribution in [1.29, 1.82) is 0 Å². The van der Waals surface area contributed by atoms with Crippen LogP contribution in [-0.2, 0) is 9.59 Å². The number of Topliss-reactive ketones (excluding diaryl/α,β-unsaturated/α-hetero) is 1. The molecule has 0 N–H and O–H groups in total. The molecule has 0 aromatic heterocycles. The van der Waals surface area contributed by atoms with Gasteiger partial charge in [0, 0.05) is 27.1 Å². The predicted molar refractivity (Wildman–Crippen MR) is 134 cm³/mol. The Hall–Kier alpha value is -2.41. The van der Waals surface area contributed by atoms with Gasteiger partial charge in [-0.3, -0.25) is 19.2 Å². The van der Waals surface area contributed by atoms with Crippen LogP contribution < -0.4 is 0 Å². The SMILES string of the molecule is C[C@@H]1CC[C@@H]2C(=O)N(N(C(=O)c3ccc(Cl)cc3)[C@@H](CCCl)C(=O)c3ccc(Cl)cc3)C(=O)[C@H]2C1. The number of hydrogen-bond acceptors (Lipinski definition) is 4. The number of rotatable bonds is 7. The van der Waals surface area contributed by atoms with Gasteiger partial charge < -0.3 is 0 Å². The molecule has 2 aromatic rings. The topological polar surface area (TPSA) is 74.8 Å². The number of carbonyl (C=O) groups is 4. The third-order valence-corrected chi connectivity index (χ3v) is 7.51. The summed E-state index contributed by atoms with van der Waals surface area (Å²) in [5.41, 5.74) is 0.491. The molecular formula is C26H25Cl3N2O4. The van der Waals surface area contributed by atoms with Crippen LogP contribution in [0.3, 0.4) is 0 Å². The van der Waals surface area contributed by atoms with Crippen molar-refractivity contribution in [2.45, 2.75) is 38.6 Å². The predicted octanol–water partition coefficient (Wildman–Crippen LogP) is 5.65. The first kappa shape index (κ1) is 25.7. The van der Waals surface area contributed by atoms with Crippen molar-refractivity contribution in [3.05, 3.63) is 69.7 Å². The first-order valence-corrected chi connectivity index (χ1v) is 12.8. The fourth-order valence-electron chi connectivity index (χ4n) is 4.96. The summed E-state index contributed by atoms with van der Waals surface area (Å²) in [6.45, 7) is 2.05. The monoisotopic (exact) mass is 534 g/mol. The van der Waals surface area contributed by atoms with E-state index in [2.05, 4.69) is 0 Å². The van der Waals surface area contributed by atoms with Crippen LogP contribution in [0.5, 0.6) is 0 Å². The summed E-state index contributed by atoms with van der Waals surface area (Å²) in [4.78, 5) is 54.6. The van der Waals surface area contributed by atoms with Gasteiger partial charge in [0.1, 0.15) is 6.04 Å². The Labute approximate surface area is 219 Å². The molecule has 184 valence electrons. The van der Waals surface area contributed by atoms with E-state index in [9.17, 15) is 19.2 Å². The zero-order valence-electron chi connectivity index (χ0n) is 19.1. The summed E-state index contributed by atoms with van der Waals surface area (Å²) in [7, 11) is 0. The molecule has 1 saturated carbocycles. The normalized spacial score (nSPS) is 22.6. The van der Waals surface area contributed by atoms with E-state index < -0.39 is 41.4 Å². The van der Waals surface area contributed by atoms with E-state index in [1.807, 2.05) is 6.92 Å². The average Bonchev–Trinajstić information content (AvgIpc) is 3.08. The first-order valence-electron chi connectivity index (χ1n) is 11.6. The van der Waals surface area contributed by atoms with Gasteiger partial charge in [-0.15, -0.1) is 11.6 Å². The molecule has 0 unspecified atom stereocenters. The molecule has 1 saturated heterocycles. The number of benzene rings is 2. The zero-order chi connectivity index (χ0) is 25.3. The van der Waals surface area contributed by atoms with Crippen molar-refractivity contribution in [3.8, 4) is 0 Å². The average molecular weight is 536 g/mol. The van der Waals surface area contributed by atoms with Crippen LogP contribution in [0, 0.1) is 17.8 Å². The second-order valence-corrected chi connectivity index (χ2v) is 10.4. The number of hydrogen-bond donors (Lipinski definition) is 0. The largest absolute Gasteiger partial charge is 0.292 e. The molecule has 0 radical (unpaired) electrons. The highest BCUT2D eigenvalue weighted by Gasteiger charge is 2.54. The Kier molecular flexibility index (Phi) is 7.84. The van der Waals surface area contributed by atoms with E-state index in [0.717, 1.165) is 16.4 Å². The summed E-state index contributed by atoms with van der Waals surface area (Å²) < 4.78 is 0. The summed E-state index contributed by atoms with van der Waals surface area (Å²) in [6, 6.07) is 11.2. The summed E-state index contributed by atoms with van der Waals surface area (Å²) in [5.74, 6) is -2.65. The molecule has 2 aliphatic rings. The Balaban J connectivity index is 1.79. The van der Waals surface area contributed by atoms with E-state index in [1.54, 1.807) is 36.4 Å². The molecule has 4 rings (SSSR count). The van der Waals surface area contributed by atoms with Gasteiger partial charge in [0.2, 0.25) is 0 Å². The number of imide groups is 1. The van der Waals surface area contributed by atoms with Gasteiger partial charge in [-0.05, 0) is 80.1 Å². The van der Waals surface area contributed by atoms with Gasteiger partial charge in [0.15, 0.2) is 5.78 Å². The third kappa shape index (κ3) is 5.11. The summed E-state index contributed by atoms with van der Waals surface area (Å²) in [6.07, 6.45) is 2.01. The van der Waals surface area contributed by atoms with Crippen LogP contribution >= 0.6 is 34.8 Å². The molecule has 1 heterocycles. The quantitative estimate of drug-likeness (QED) is 0.261. The smallest absolute Gasteiger partial charge is 0.273 e. The van der Waals surface area contributed by atoms with Crippen molar-refractivity contribution in [2.24, 2.45) is 17.8 Å². The third-order valence-electron chi connectivity index (χ3n) is 6.79. The molecule has 1 aliphatic carbocycles. The number of nitrogens with zero attached hydrogens (tertiary/aromatic N) is 2. The molecule has 2 aromatic carbocycles. The number of alkyl halides is 1. The fraction of sp³-hybridized carbons (Fsp3) is 0.385. The van der Waals surface area contributed by atoms with E-state index in [1.165, 1.54) is 12.1 Å². The standard InChI is InChI=1S/C26H25Cl3N2O4/c1-15-2-11-20-21(14-15)26(35)31(25(20)34)30(24(33)17-5-9-19(29)10-6-17)22(12-13-27)23(32)16-3-7-18(28)8-4-16/h3-10,15,20-22H,2,11-14H2,1H3/t15-,20+,21+,22+/m1/s1. The Morgan fingerprint density at radius 2 is 1.46 bits per heavy atom. The van der Waals surface area contributed by atoms with E-state index in [4.69, 9.17) is 34.8 Å². The highest BCUT2D eigenvalue weighted by molar-refractivity contribution is 6.31. The van der Waals surface area contributed by atoms with Crippen molar-refractivity contribution >= 4 is 58.3 Å². The summed E-state index contributed by atoms with van der Waals surface area (Å²) >= 11 is 18.0. The zero-order valence-corrected chi connectivity index (χ0v) is 21.4. The van der Waals surface area contributed by atoms with Crippen molar-refractivity contribution in [3.63, 3.8) is 0 Å². The van der Waals surface area contributed by atoms with E-state index >= 15 is 0 Å². The number of fused-ring (bicyclic) bond motifs is 1. The van der Waals surface area contributed by atoms with Gasteiger partial charge in [-0.25, -0.2) is 5.01 Å². The second kappa shape index (κ2) is 10.7. The van der Waals surface area contributed by atoms with Crippen molar-refractivity contribution in [1.82, 2.24) is 10.0 Å². The molecule has 9 heteroatoms. The van der Waals surface area contributed by atoms with Gasteiger partial charge in [-0.2, -0.15) is 5.01 Å². The lowest BCUT2D eigenvalue weighted by atomic mass is 9.76. The fourth-order valence-corrected chi connectivity index (χ4v) is 5.41. The van der Waals surface area contributed by atoms with Crippen molar-refractivity contribution < 1.29 is 19.2 Å². The number of amides is 3. The minimum absolute atomic E-state index is 0.0362. The molecular weight excluding hydrogens is 511 g/mol. The number of hydrazine groups is 1. The first-order chi connectivity index (χ1) is 16.7. The number of halogens is 3. The molecule has 1 aliphatic heterocycles. The lowest BCUT2D eigenvalue weighted by Crippen LogP contribution is -2.57. The highest BCUT2D eigenvalue weighted by Crippen LogP contribution is 2.42. The van der Waals surface area contributed by atoms with Crippen LogP contribution in [0.25, 0.3) is 0 Å². The number of ketones is 1. The molecule has 6 nitrogen and oxygen atoms in total. The molecule has 2 fully saturated rings. The highest BCUT2D eigenvalue weighted by atomic mass is 35.5. The summed E-state index contributed by atoms with van der Waals surface area (Å²) in [5, 5.41) is 2.81. The Morgan fingerprint density at radius 3 is 2.03 bits per heavy atom. The molecule has 0 spiro atoms. The lowest BCUT2D eigenvalue weighted by molar-refractivity contribution is -0.156. The van der Waals surface area contributed by atoms with Crippen LogP contribution in [0.4, 0.5) is 0 Å². The Bertz CT molecular complexity index is 1140. The number of carbonyl (C=O) groups excluding carboxylic acids is 4. The van der Waals surface area contributed by atoms with Crippen LogP contribution in [0.2, 0.25) is 10.0 Å². The molecule has 35 heavy (non-hydrogen) atoms. The maximum absolute atomic E-state index is 13.8. The Morgan fingerprint density at radius 1 is 0.914 bits per heavy atom. The van der Waals surface area contributed by atoms with Crippen LogP contribution in [-0.4, -0.2) is 45.4 Å². The lowest BCUT2D eigenvalue weighted by Gasteiger charge is -2.36. The van der Waals surface area contributed by atoms with Gasteiger partial charge in [-0.1, -0.05) is 30.1 Å².